The van der Waals surface area contributed by atoms with Gasteiger partial charge in [0.05, 0.1) is 4.92 Å². The Morgan fingerprint density at radius 2 is 2.20 bits per heavy atom. The number of hydrogen-bond acceptors (Lipinski definition) is 4. The Morgan fingerprint density at radius 1 is 1.55 bits per heavy atom. The Hall–Kier alpha value is -2.59. The minimum absolute atomic E-state index is 0.0538. The van der Waals surface area contributed by atoms with E-state index in [1.807, 2.05) is 0 Å². The van der Waals surface area contributed by atoms with Gasteiger partial charge in [-0.1, -0.05) is 11.6 Å². The number of halogens is 1. The summed E-state index contributed by atoms with van der Waals surface area (Å²) in [5.41, 5.74) is 4.82. The van der Waals surface area contributed by atoms with E-state index in [0.717, 1.165) is 12.1 Å². The number of hydrogen-bond donors (Lipinski definition) is 2. The van der Waals surface area contributed by atoms with Gasteiger partial charge in [-0.2, -0.15) is 0 Å². The molecule has 1 aromatic rings. The van der Waals surface area contributed by atoms with Crippen LogP contribution in [0.1, 0.15) is 16.8 Å². The van der Waals surface area contributed by atoms with Gasteiger partial charge in [0.15, 0.2) is 0 Å². The standard InChI is InChI=1S/C12H10ClN3O4/c1-2-3-9(11(14)17)15-12(18)7-4-5-10(16(19)20)8(13)6-7/h1,4-6,9H,3H2,(H2,14,17)(H,15,18)/t9-/m0/s1. The molecule has 1 aromatic carbocycles. The van der Waals surface area contributed by atoms with E-state index < -0.39 is 22.8 Å². The van der Waals surface area contributed by atoms with Crippen molar-refractivity contribution < 1.29 is 14.5 Å². The maximum Gasteiger partial charge on any atom is 0.287 e. The number of primary amides is 1. The Bertz CT molecular complexity index is 609. The summed E-state index contributed by atoms with van der Waals surface area (Å²) in [7, 11) is 0. The molecule has 0 spiro atoms. The molecule has 2 amide bonds. The van der Waals surface area contributed by atoms with E-state index in [0.29, 0.717) is 0 Å². The highest BCUT2D eigenvalue weighted by molar-refractivity contribution is 6.33. The molecule has 0 fully saturated rings. The predicted octanol–water partition coefficient (Wildman–Crippen LogP) is 0.855. The number of rotatable bonds is 5. The highest BCUT2D eigenvalue weighted by Gasteiger charge is 2.20. The average molecular weight is 296 g/mol. The third-order valence-corrected chi connectivity index (χ3v) is 2.68. The van der Waals surface area contributed by atoms with Crippen molar-refractivity contribution in [3.8, 4) is 12.3 Å². The van der Waals surface area contributed by atoms with Gasteiger partial charge in [0, 0.05) is 18.1 Å². The molecule has 0 aliphatic carbocycles. The number of nitrogens with zero attached hydrogens (tertiary/aromatic N) is 1. The first-order chi connectivity index (χ1) is 9.36. The first-order valence-corrected chi connectivity index (χ1v) is 5.72. The van der Waals surface area contributed by atoms with Crippen molar-refractivity contribution in [2.45, 2.75) is 12.5 Å². The number of benzene rings is 1. The van der Waals surface area contributed by atoms with Crippen LogP contribution >= 0.6 is 11.6 Å². The average Bonchev–Trinajstić information content (AvgIpc) is 2.37. The topological polar surface area (TPSA) is 115 Å². The number of nitro groups is 1. The molecular weight excluding hydrogens is 286 g/mol. The lowest BCUT2D eigenvalue weighted by atomic mass is 10.1. The number of terminal acetylenes is 1. The summed E-state index contributed by atoms with van der Waals surface area (Å²) >= 11 is 5.68. The highest BCUT2D eigenvalue weighted by atomic mass is 35.5. The zero-order valence-electron chi connectivity index (χ0n) is 10.1. The second-order valence-corrected chi connectivity index (χ2v) is 4.17. The number of nitrogens with one attached hydrogen (secondary N) is 1. The van der Waals surface area contributed by atoms with Gasteiger partial charge in [0.25, 0.3) is 11.6 Å². The van der Waals surface area contributed by atoms with Crippen LogP contribution in [0, 0.1) is 22.5 Å². The molecule has 0 saturated carbocycles. The van der Waals surface area contributed by atoms with Crippen LogP contribution in [-0.4, -0.2) is 22.8 Å². The molecule has 0 bridgehead atoms. The van der Waals surface area contributed by atoms with E-state index in [2.05, 4.69) is 11.2 Å². The molecule has 8 heteroatoms. The van der Waals surface area contributed by atoms with Crippen molar-refractivity contribution in [3.63, 3.8) is 0 Å². The quantitative estimate of drug-likeness (QED) is 0.476. The van der Waals surface area contributed by atoms with Crippen LogP contribution < -0.4 is 11.1 Å². The van der Waals surface area contributed by atoms with Crippen LogP contribution in [0.4, 0.5) is 5.69 Å². The fraction of sp³-hybridized carbons (Fsp3) is 0.167. The van der Waals surface area contributed by atoms with Gasteiger partial charge >= 0.3 is 0 Å². The maximum atomic E-state index is 11.9. The van der Waals surface area contributed by atoms with Crippen LogP contribution in [-0.2, 0) is 4.79 Å². The SMILES string of the molecule is C#CC[C@H](NC(=O)c1ccc([N+](=O)[O-])c(Cl)c1)C(N)=O. The Morgan fingerprint density at radius 3 is 2.65 bits per heavy atom. The summed E-state index contributed by atoms with van der Waals surface area (Å²) in [6.45, 7) is 0. The van der Waals surface area contributed by atoms with Crippen LogP contribution in [0.3, 0.4) is 0 Å². The lowest BCUT2D eigenvalue weighted by Crippen LogP contribution is -2.44. The molecule has 1 atom stereocenters. The van der Waals surface area contributed by atoms with E-state index >= 15 is 0 Å². The van der Waals surface area contributed by atoms with Gasteiger partial charge in [-0.05, 0) is 12.1 Å². The van der Waals surface area contributed by atoms with Crippen LogP contribution in [0.5, 0.6) is 0 Å². The van der Waals surface area contributed by atoms with Crippen LogP contribution in [0.25, 0.3) is 0 Å². The first kappa shape index (κ1) is 15.5. The molecule has 20 heavy (non-hydrogen) atoms. The van der Waals surface area contributed by atoms with Gasteiger partial charge in [-0.25, -0.2) is 0 Å². The Labute approximate surface area is 119 Å². The molecule has 0 aromatic heterocycles. The smallest absolute Gasteiger partial charge is 0.287 e. The minimum Gasteiger partial charge on any atom is -0.368 e. The largest absolute Gasteiger partial charge is 0.368 e. The summed E-state index contributed by atoms with van der Waals surface area (Å²) in [5, 5.41) is 12.7. The molecule has 3 N–H and O–H groups in total. The molecule has 0 saturated heterocycles. The van der Waals surface area contributed by atoms with Gasteiger partial charge in [0.1, 0.15) is 11.1 Å². The maximum absolute atomic E-state index is 11.9. The Kier molecular flexibility index (Phi) is 5.06. The van der Waals surface area contributed by atoms with Crippen LogP contribution in [0.2, 0.25) is 5.02 Å². The third-order valence-electron chi connectivity index (χ3n) is 2.38. The predicted molar refractivity (Wildman–Crippen MR) is 72.0 cm³/mol. The van der Waals surface area contributed by atoms with Crippen molar-refractivity contribution in [2.75, 3.05) is 0 Å². The number of amides is 2. The van der Waals surface area contributed by atoms with E-state index in [-0.39, 0.29) is 22.7 Å². The summed E-state index contributed by atoms with van der Waals surface area (Å²) < 4.78 is 0. The van der Waals surface area contributed by atoms with Gasteiger partial charge in [0.2, 0.25) is 5.91 Å². The zero-order chi connectivity index (χ0) is 15.3. The summed E-state index contributed by atoms with van der Waals surface area (Å²) in [4.78, 5) is 32.8. The van der Waals surface area contributed by atoms with Crippen molar-refractivity contribution in [1.29, 1.82) is 0 Å². The molecule has 1 rings (SSSR count). The second-order valence-electron chi connectivity index (χ2n) is 3.76. The molecule has 104 valence electrons. The fourth-order valence-corrected chi connectivity index (χ4v) is 1.63. The number of carbonyl (C=O) groups is 2. The fourth-order valence-electron chi connectivity index (χ4n) is 1.38. The molecule has 0 unspecified atom stereocenters. The minimum atomic E-state index is -1.01. The molecule has 7 nitrogen and oxygen atoms in total. The number of carbonyl (C=O) groups excluding carboxylic acids is 2. The third kappa shape index (κ3) is 3.70. The summed E-state index contributed by atoms with van der Waals surface area (Å²) in [6, 6.07) is 2.43. The van der Waals surface area contributed by atoms with Crippen LogP contribution in [0.15, 0.2) is 18.2 Å². The number of nitrogens with two attached hydrogens (primary N) is 1. The van der Waals surface area contributed by atoms with Crippen molar-refractivity contribution in [1.82, 2.24) is 5.32 Å². The molecule has 0 aliphatic rings. The zero-order valence-corrected chi connectivity index (χ0v) is 10.9. The second kappa shape index (κ2) is 6.54. The normalized spacial score (nSPS) is 11.2. The molecular formula is C12H10ClN3O4. The molecule has 0 heterocycles. The van der Waals surface area contributed by atoms with E-state index in [4.69, 9.17) is 23.8 Å². The van der Waals surface area contributed by atoms with Gasteiger partial charge < -0.3 is 11.1 Å². The van der Waals surface area contributed by atoms with E-state index in [9.17, 15) is 19.7 Å². The lowest BCUT2D eigenvalue weighted by Gasteiger charge is -2.12. The van der Waals surface area contributed by atoms with Gasteiger partial charge in [-0.3, -0.25) is 19.7 Å². The summed E-state index contributed by atoms with van der Waals surface area (Å²) in [5.74, 6) is 0.785. The molecule has 0 aliphatic heterocycles. The van der Waals surface area contributed by atoms with Crippen molar-refractivity contribution in [3.05, 3.63) is 38.9 Å². The van der Waals surface area contributed by atoms with Crippen molar-refractivity contribution in [2.24, 2.45) is 5.73 Å². The van der Waals surface area contributed by atoms with Crippen molar-refractivity contribution >= 4 is 29.1 Å². The lowest BCUT2D eigenvalue weighted by molar-refractivity contribution is -0.384. The number of nitro benzene ring substituents is 1. The van der Waals surface area contributed by atoms with Gasteiger partial charge in [-0.15, -0.1) is 12.3 Å². The summed E-state index contributed by atoms with van der Waals surface area (Å²) in [6.07, 6.45) is 5.00. The highest BCUT2D eigenvalue weighted by Crippen LogP contribution is 2.24. The first-order valence-electron chi connectivity index (χ1n) is 5.34. The Balaban J connectivity index is 2.93. The van der Waals surface area contributed by atoms with E-state index in [1.54, 1.807) is 0 Å². The van der Waals surface area contributed by atoms with E-state index in [1.165, 1.54) is 6.07 Å². The molecule has 0 radical (unpaired) electrons. The monoisotopic (exact) mass is 295 g/mol.